The minimum Gasteiger partial charge on any atom is -0.256 e. The van der Waals surface area contributed by atoms with E-state index in [1.54, 1.807) is 0 Å². The minimum absolute atomic E-state index is 0.696. The summed E-state index contributed by atoms with van der Waals surface area (Å²) >= 11 is 0. The molecule has 1 aromatic rings. The molecule has 0 N–H and O–H groups in total. The summed E-state index contributed by atoms with van der Waals surface area (Å²) in [6.07, 6.45) is 4.64. The summed E-state index contributed by atoms with van der Waals surface area (Å²) in [7, 11) is 1.95. The Bertz CT molecular complexity index is 357. The smallest absolute Gasteiger partial charge is 0.154 e. The highest BCUT2D eigenvalue weighted by molar-refractivity contribution is 5.18. The van der Waals surface area contributed by atoms with Crippen LogP contribution >= 0.6 is 0 Å². The first kappa shape index (κ1) is 9.37. The molecule has 4 atom stereocenters. The average molecular weight is 205 g/mol. The lowest BCUT2D eigenvalue weighted by Crippen LogP contribution is -2.08. The van der Waals surface area contributed by atoms with E-state index in [-0.39, 0.29) is 0 Å². The summed E-state index contributed by atoms with van der Waals surface area (Å²) in [5.74, 6) is 5.41. The molecule has 2 aliphatic carbocycles. The van der Waals surface area contributed by atoms with Crippen molar-refractivity contribution in [1.82, 2.24) is 14.8 Å². The minimum atomic E-state index is 0.696. The van der Waals surface area contributed by atoms with Crippen molar-refractivity contribution in [2.45, 2.75) is 32.6 Å². The number of aromatic nitrogens is 3. The summed E-state index contributed by atoms with van der Waals surface area (Å²) in [4.78, 5) is 4.38. The quantitative estimate of drug-likeness (QED) is 0.741. The molecule has 1 heterocycles. The molecule has 1 aromatic heterocycles. The summed E-state index contributed by atoms with van der Waals surface area (Å²) in [6.45, 7) is 4.70. The van der Waals surface area contributed by atoms with E-state index in [1.165, 1.54) is 12.8 Å². The molecular formula is C12H19N3. The highest BCUT2D eigenvalue weighted by Gasteiger charge is 2.58. The van der Waals surface area contributed by atoms with Crippen molar-refractivity contribution in [2.75, 3.05) is 0 Å². The largest absolute Gasteiger partial charge is 0.256 e. The first-order chi connectivity index (χ1) is 7.16. The van der Waals surface area contributed by atoms with E-state index in [0.29, 0.717) is 5.92 Å². The fraction of sp³-hybridized carbons (Fsp3) is 0.833. The van der Waals surface area contributed by atoms with Gasteiger partial charge in [0.2, 0.25) is 0 Å². The molecule has 15 heavy (non-hydrogen) atoms. The van der Waals surface area contributed by atoms with Gasteiger partial charge in [0.15, 0.2) is 5.82 Å². The second-order valence-corrected chi connectivity index (χ2v) is 5.61. The standard InChI is InChI=1S/C12H19N3/c1-7(2)8-4-9-10(5-8)11(9)12-13-6-15(3)14-12/h6-11H,4-5H2,1-3H3/t8?,9-,10?,11?/m1/s1. The topological polar surface area (TPSA) is 30.7 Å². The molecule has 0 spiro atoms. The van der Waals surface area contributed by atoms with Crippen LogP contribution in [0.2, 0.25) is 0 Å². The van der Waals surface area contributed by atoms with Gasteiger partial charge in [0.1, 0.15) is 6.33 Å². The van der Waals surface area contributed by atoms with E-state index >= 15 is 0 Å². The molecule has 0 saturated heterocycles. The monoisotopic (exact) mass is 205 g/mol. The van der Waals surface area contributed by atoms with Gasteiger partial charge in [0.25, 0.3) is 0 Å². The zero-order valence-electron chi connectivity index (χ0n) is 9.72. The van der Waals surface area contributed by atoms with Crippen LogP contribution in [0.4, 0.5) is 0 Å². The van der Waals surface area contributed by atoms with Crippen LogP contribution in [0.3, 0.4) is 0 Å². The zero-order valence-corrected chi connectivity index (χ0v) is 9.72. The molecule has 3 rings (SSSR count). The maximum absolute atomic E-state index is 4.43. The zero-order chi connectivity index (χ0) is 10.6. The summed E-state index contributed by atoms with van der Waals surface area (Å²) in [6, 6.07) is 0. The Morgan fingerprint density at radius 2 is 2.00 bits per heavy atom. The Labute approximate surface area is 90.9 Å². The van der Waals surface area contributed by atoms with Crippen LogP contribution in [0, 0.1) is 23.7 Å². The maximum atomic E-state index is 4.43. The van der Waals surface area contributed by atoms with E-state index in [0.717, 1.165) is 29.5 Å². The third-order valence-electron chi connectivity index (χ3n) is 4.34. The molecule has 0 radical (unpaired) electrons. The molecule has 2 aliphatic rings. The van der Waals surface area contributed by atoms with Gasteiger partial charge in [0, 0.05) is 13.0 Å². The average Bonchev–Trinajstić information content (AvgIpc) is 2.62. The highest BCUT2D eigenvalue weighted by atomic mass is 15.3. The number of hydrogen-bond donors (Lipinski definition) is 0. The van der Waals surface area contributed by atoms with Gasteiger partial charge in [0.05, 0.1) is 0 Å². The SMILES string of the molecule is CC(C)C1CC2C(c3ncn(C)n3)[C@@H]2C1. The first-order valence-electron chi connectivity index (χ1n) is 6.02. The lowest BCUT2D eigenvalue weighted by atomic mass is 9.89. The highest BCUT2D eigenvalue weighted by Crippen LogP contribution is 2.65. The van der Waals surface area contributed by atoms with Crippen molar-refractivity contribution in [3.8, 4) is 0 Å². The Morgan fingerprint density at radius 1 is 1.33 bits per heavy atom. The van der Waals surface area contributed by atoms with Gasteiger partial charge in [-0.3, -0.25) is 4.68 Å². The van der Waals surface area contributed by atoms with E-state index in [1.807, 2.05) is 18.1 Å². The summed E-state index contributed by atoms with van der Waals surface area (Å²) < 4.78 is 1.82. The van der Waals surface area contributed by atoms with Crippen molar-refractivity contribution in [3.63, 3.8) is 0 Å². The molecule has 82 valence electrons. The van der Waals surface area contributed by atoms with Crippen LogP contribution in [-0.4, -0.2) is 14.8 Å². The van der Waals surface area contributed by atoms with Gasteiger partial charge in [-0.2, -0.15) is 5.10 Å². The maximum Gasteiger partial charge on any atom is 0.154 e. The fourth-order valence-electron chi connectivity index (χ4n) is 3.32. The number of rotatable bonds is 2. The molecule has 3 unspecified atom stereocenters. The Hall–Kier alpha value is -0.860. The van der Waals surface area contributed by atoms with Crippen LogP contribution in [0.1, 0.15) is 38.4 Å². The Balaban J connectivity index is 1.68. The second-order valence-electron chi connectivity index (χ2n) is 5.61. The molecule has 0 amide bonds. The molecule has 0 aromatic carbocycles. The van der Waals surface area contributed by atoms with Gasteiger partial charge in [-0.1, -0.05) is 13.8 Å². The van der Waals surface area contributed by atoms with Crippen molar-refractivity contribution in [3.05, 3.63) is 12.2 Å². The van der Waals surface area contributed by atoms with Crippen LogP contribution in [0.5, 0.6) is 0 Å². The van der Waals surface area contributed by atoms with Crippen molar-refractivity contribution >= 4 is 0 Å². The third kappa shape index (κ3) is 1.40. The van der Waals surface area contributed by atoms with E-state index in [4.69, 9.17) is 0 Å². The van der Waals surface area contributed by atoms with E-state index in [9.17, 15) is 0 Å². The van der Waals surface area contributed by atoms with Crippen LogP contribution in [0.25, 0.3) is 0 Å². The van der Waals surface area contributed by atoms with Gasteiger partial charge in [-0.05, 0) is 36.5 Å². The molecule has 3 heteroatoms. The van der Waals surface area contributed by atoms with Crippen LogP contribution in [-0.2, 0) is 7.05 Å². The predicted molar refractivity (Wildman–Crippen MR) is 58.3 cm³/mol. The fourth-order valence-corrected chi connectivity index (χ4v) is 3.32. The van der Waals surface area contributed by atoms with Crippen LogP contribution < -0.4 is 0 Å². The second kappa shape index (κ2) is 3.06. The molecule has 0 aliphatic heterocycles. The summed E-state index contributed by atoms with van der Waals surface area (Å²) in [5.41, 5.74) is 0. The van der Waals surface area contributed by atoms with Gasteiger partial charge in [-0.25, -0.2) is 4.98 Å². The van der Waals surface area contributed by atoms with Gasteiger partial charge < -0.3 is 0 Å². The van der Waals surface area contributed by atoms with Gasteiger partial charge in [-0.15, -0.1) is 0 Å². The molecular weight excluding hydrogens is 186 g/mol. The number of hydrogen-bond acceptors (Lipinski definition) is 2. The normalized spacial score (nSPS) is 38.4. The number of nitrogens with zero attached hydrogens (tertiary/aromatic N) is 3. The molecule has 2 fully saturated rings. The first-order valence-corrected chi connectivity index (χ1v) is 6.02. The third-order valence-corrected chi connectivity index (χ3v) is 4.34. The van der Waals surface area contributed by atoms with Crippen molar-refractivity contribution < 1.29 is 0 Å². The molecule has 3 nitrogen and oxygen atoms in total. The van der Waals surface area contributed by atoms with E-state index < -0.39 is 0 Å². The van der Waals surface area contributed by atoms with E-state index in [2.05, 4.69) is 23.9 Å². The van der Waals surface area contributed by atoms with Crippen LogP contribution in [0.15, 0.2) is 6.33 Å². The molecule has 0 bridgehead atoms. The van der Waals surface area contributed by atoms with Crippen molar-refractivity contribution in [1.29, 1.82) is 0 Å². The Morgan fingerprint density at radius 3 is 2.47 bits per heavy atom. The van der Waals surface area contributed by atoms with Crippen molar-refractivity contribution in [2.24, 2.45) is 30.7 Å². The number of fused-ring (bicyclic) bond motifs is 1. The molecule has 2 saturated carbocycles. The van der Waals surface area contributed by atoms with Gasteiger partial charge >= 0.3 is 0 Å². The predicted octanol–water partition coefficient (Wildman–Crippen LogP) is 2.21. The lowest BCUT2D eigenvalue weighted by Gasteiger charge is -2.16. The Kier molecular flexibility index (Phi) is 1.91. The summed E-state index contributed by atoms with van der Waals surface area (Å²) in [5, 5.41) is 4.43. The number of aryl methyl sites for hydroxylation is 1. The lowest BCUT2D eigenvalue weighted by molar-refractivity contribution is 0.351.